The molecule has 0 unspecified atom stereocenters. The second-order valence-corrected chi connectivity index (χ2v) is 7.96. The van der Waals surface area contributed by atoms with Gasteiger partial charge in [0.2, 0.25) is 5.91 Å². The highest BCUT2D eigenvalue weighted by Gasteiger charge is 2.48. The van der Waals surface area contributed by atoms with Crippen molar-refractivity contribution in [2.75, 3.05) is 33.4 Å². The van der Waals surface area contributed by atoms with E-state index in [-0.39, 0.29) is 23.7 Å². The molecule has 1 saturated heterocycles. The van der Waals surface area contributed by atoms with Gasteiger partial charge in [0.25, 0.3) is 0 Å². The molecule has 0 spiro atoms. The minimum Gasteiger partial charge on any atom is -0.381 e. The number of hydrogen-bond acceptors (Lipinski definition) is 3. The smallest absolute Gasteiger partial charge is 0.230 e. The molecule has 24 heavy (non-hydrogen) atoms. The molecule has 0 atom stereocenters. The van der Waals surface area contributed by atoms with Gasteiger partial charge in [0.15, 0.2) is 0 Å². The minimum absolute atomic E-state index is 0. The lowest BCUT2D eigenvalue weighted by atomic mass is 9.78. The third-order valence-corrected chi connectivity index (χ3v) is 6.02. The molecule has 4 nitrogen and oxygen atoms in total. The Labute approximate surface area is 158 Å². The first-order valence-electron chi connectivity index (χ1n) is 8.31. The predicted octanol–water partition coefficient (Wildman–Crippen LogP) is 3.12. The lowest BCUT2D eigenvalue weighted by Gasteiger charge is -2.38. The molecule has 2 aliphatic rings. The first-order chi connectivity index (χ1) is 11.0. The van der Waals surface area contributed by atoms with Gasteiger partial charge in [0.05, 0.1) is 5.41 Å². The van der Waals surface area contributed by atoms with E-state index in [0.29, 0.717) is 19.8 Å². The van der Waals surface area contributed by atoms with Crippen molar-refractivity contribution < 1.29 is 9.53 Å². The van der Waals surface area contributed by atoms with E-state index in [9.17, 15) is 4.79 Å². The first kappa shape index (κ1) is 19.7. The summed E-state index contributed by atoms with van der Waals surface area (Å²) in [6, 6.07) is 8.50. The van der Waals surface area contributed by atoms with Crippen LogP contribution in [0.15, 0.2) is 28.7 Å². The standard InChI is InChI=1S/C18H25BrN2O2.ClH/c1-21(16(22)17(12-20)8-10-23-11-9-17)13-18(6-7-18)14-2-4-15(19)5-3-14;/h2-5H,6-13,20H2,1H3;1H. The van der Waals surface area contributed by atoms with Crippen molar-refractivity contribution in [3.8, 4) is 0 Å². The maximum Gasteiger partial charge on any atom is 0.230 e. The number of carbonyl (C=O) groups is 1. The quantitative estimate of drug-likeness (QED) is 0.801. The summed E-state index contributed by atoms with van der Waals surface area (Å²) in [4.78, 5) is 14.9. The van der Waals surface area contributed by atoms with E-state index in [1.54, 1.807) is 0 Å². The highest BCUT2D eigenvalue weighted by Crippen LogP contribution is 2.49. The molecule has 134 valence electrons. The topological polar surface area (TPSA) is 55.6 Å². The maximum atomic E-state index is 13.0. The summed E-state index contributed by atoms with van der Waals surface area (Å²) in [5, 5.41) is 0. The van der Waals surface area contributed by atoms with Crippen LogP contribution < -0.4 is 5.73 Å². The van der Waals surface area contributed by atoms with Crippen LogP contribution in [0.5, 0.6) is 0 Å². The third-order valence-electron chi connectivity index (χ3n) is 5.49. The van der Waals surface area contributed by atoms with Gasteiger partial charge in [-0.1, -0.05) is 28.1 Å². The van der Waals surface area contributed by atoms with Gasteiger partial charge in [-0.15, -0.1) is 12.4 Å². The molecule has 1 aromatic carbocycles. The van der Waals surface area contributed by atoms with E-state index >= 15 is 0 Å². The number of benzene rings is 1. The molecule has 2 N–H and O–H groups in total. The van der Waals surface area contributed by atoms with Gasteiger partial charge in [-0.2, -0.15) is 0 Å². The Morgan fingerprint density at radius 2 is 1.79 bits per heavy atom. The average molecular weight is 418 g/mol. The van der Waals surface area contributed by atoms with Gasteiger partial charge in [0, 0.05) is 43.2 Å². The largest absolute Gasteiger partial charge is 0.381 e. The summed E-state index contributed by atoms with van der Waals surface area (Å²) in [6.45, 7) is 2.45. The van der Waals surface area contributed by atoms with Gasteiger partial charge in [-0.25, -0.2) is 0 Å². The fourth-order valence-electron chi connectivity index (χ4n) is 3.69. The summed E-state index contributed by atoms with van der Waals surface area (Å²) in [6.07, 6.45) is 3.76. The second kappa shape index (κ2) is 7.73. The summed E-state index contributed by atoms with van der Waals surface area (Å²) in [7, 11) is 1.92. The summed E-state index contributed by atoms with van der Waals surface area (Å²) < 4.78 is 6.51. The maximum absolute atomic E-state index is 13.0. The highest BCUT2D eigenvalue weighted by molar-refractivity contribution is 9.10. The van der Waals surface area contributed by atoms with Crippen molar-refractivity contribution in [3.05, 3.63) is 34.3 Å². The average Bonchev–Trinajstić information content (AvgIpc) is 3.36. The summed E-state index contributed by atoms with van der Waals surface area (Å²) in [5.74, 6) is 0.187. The molecule has 3 rings (SSSR count). The number of nitrogens with zero attached hydrogens (tertiary/aromatic N) is 1. The van der Waals surface area contributed by atoms with Crippen LogP contribution in [-0.4, -0.2) is 44.2 Å². The molecule has 0 aromatic heterocycles. The van der Waals surface area contributed by atoms with Crippen LogP contribution in [0.1, 0.15) is 31.2 Å². The van der Waals surface area contributed by atoms with Crippen molar-refractivity contribution >= 4 is 34.2 Å². The van der Waals surface area contributed by atoms with Crippen LogP contribution in [0.25, 0.3) is 0 Å². The molecular formula is C18H26BrClN2O2. The molecule has 1 heterocycles. The Morgan fingerprint density at radius 1 is 1.21 bits per heavy atom. The number of halogens is 2. The van der Waals surface area contributed by atoms with Crippen molar-refractivity contribution in [2.24, 2.45) is 11.1 Å². The zero-order valence-corrected chi connectivity index (χ0v) is 16.5. The van der Waals surface area contributed by atoms with Gasteiger partial charge in [-0.3, -0.25) is 4.79 Å². The fourth-order valence-corrected chi connectivity index (χ4v) is 3.95. The van der Waals surface area contributed by atoms with E-state index in [1.807, 2.05) is 11.9 Å². The van der Waals surface area contributed by atoms with Gasteiger partial charge in [-0.05, 0) is 43.4 Å². The fraction of sp³-hybridized carbons (Fsp3) is 0.611. The van der Waals surface area contributed by atoms with Gasteiger partial charge < -0.3 is 15.4 Å². The lowest BCUT2D eigenvalue weighted by Crippen LogP contribution is -2.51. The molecular weight excluding hydrogens is 392 g/mol. The van der Waals surface area contributed by atoms with Crippen LogP contribution >= 0.6 is 28.3 Å². The Balaban J connectivity index is 0.00000208. The van der Waals surface area contributed by atoms with E-state index in [0.717, 1.165) is 36.7 Å². The van der Waals surface area contributed by atoms with E-state index in [1.165, 1.54) is 5.56 Å². The Morgan fingerprint density at radius 3 is 2.29 bits per heavy atom. The van der Waals surface area contributed by atoms with Crippen LogP contribution in [0, 0.1) is 5.41 Å². The molecule has 1 aliphatic carbocycles. The molecule has 1 saturated carbocycles. The number of ether oxygens (including phenoxy) is 1. The molecule has 6 heteroatoms. The predicted molar refractivity (Wildman–Crippen MR) is 101 cm³/mol. The third kappa shape index (κ3) is 3.79. The minimum atomic E-state index is -0.428. The molecule has 0 bridgehead atoms. The van der Waals surface area contributed by atoms with E-state index in [4.69, 9.17) is 10.5 Å². The number of carbonyl (C=O) groups excluding carboxylic acids is 1. The van der Waals surface area contributed by atoms with Crippen LogP contribution in [0.3, 0.4) is 0 Å². The number of likely N-dealkylation sites (N-methyl/N-ethyl adjacent to an activating group) is 1. The zero-order valence-electron chi connectivity index (χ0n) is 14.1. The van der Waals surface area contributed by atoms with Crippen molar-refractivity contribution in [2.45, 2.75) is 31.1 Å². The Bertz CT molecular complexity index is 569. The van der Waals surface area contributed by atoms with Gasteiger partial charge in [0.1, 0.15) is 0 Å². The monoisotopic (exact) mass is 416 g/mol. The van der Waals surface area contributed by atoms with Crippen molar-refractivity contribution in [1.82, 2.24) is 4.90 Å². The molecule has 1 amide bonds. The number of rotatable bonds is 5. The van der Waals surface area contributed by atoms with E-state index < -0.39 is 5.41 Å². The second-order valence-electron chi connectivity index (χ2n) is 7.05. The zero-order chi connectivity index (χ0) is 16.5. The first-order valence-corrected chi connectivity index (χ1v) is 9.10. The molecule has 1 aromatic rings. The van der Waals surface area contributed by atoms with Crippen LogP contribution in [0.4, 0.5) is 0 Å². The van der Waals surface area contributed by atoms with E-state index in [2.05, 4.69) is 40.2 Å². The number of hydrogen-bond donors (Lipinski definition) is 1. The van der Waals surface area contributed by atoms with Crippen LogP contribution in [-0.2, 0) is 14.9 Å². The summed E-state index contributed by atoms with van der Waals surface area (Å²) in [5.41, 5.74) is 7.01. The Kier molecular flexibility index (Phi) is 6.35. The van der Waals surface area contributed by atoms with Crippen LogP contribution in [0.2, 0.25) is 0 Å². The highest BCUT2D eigenvalue weighted by atomic mass is 79.9. The molecule has 1 aliphatic heterocycles. The molecule has 2 fully saturated rings. The SMILES string of the molecule is CN(CC1(c2ccc(Br)cc2)CC1)C(=O)C1(CN)CCOCC1.Cl. The van der Waals surface area contributed by atoms with Gasteiger partial charge >= 0.3 is 0 Å². The normalized spacial score (nSPS) is 20.8. The lowest BCUT2D eigenvalue weighted by molar-refractivity contribution is -0.146. The summed E-state index contributed by atoms with van der Waals surface area (Å²) >= 11 is 3.48. The Hall–Kier alpha value is -0.620. The van der Waals surface area contributed by atoms with Crippen molar-refractivity contribution in [3.63, 3.8) is 0 Å². The van der Waals surface area contributed by atoms with Crippen molar-refractivity contribution in [1.29, 1.82) is 0 Å². The number of nitrogens with two attached hydrogens (primary N) is 1. The number of amides is 1. The molecule has 0 radical (unpaired) electrons.